The maximum Gasteiger partial charge on any atom is 0.114 e. The first-order chi connectivity index (χ1) is 10.3. The van der Waals surface area contributed by atoms with Gasteiger partial charge in [0.2, 0.25) is 0 Å². The smallest absolute Gasteiger partial charge is 0.114 e. The van der Waals surface area contributed by atoms with E-state index in [2.05, 4.69) is 40.0 Å². The number of benzene rings is 1. The molecule has 1 N–H and O–H groups in total. The van der Waals surface area contributed by atoms with Crippen molar-refractivity contribution in [2.45, 2.75) is 38.9 Å². The molecule has 1 aliphatic carbocycles. The monoisotopic (exact) mass is 298 g/mol. The molecule has 5 heteroatoms. The van der Waals surface area contributed by atoms with Gasteiger partial charge in [0, 0.05) is 18.8 Å². The van der Waals surface area contributed by atoms with Crippen LogP contribution >= 0.6 is 11.3 Å². The number of aromatic nitrogens is 3. The standard InChI is InChI=1S/C16H18N4S/c1-11-17-8-13(9-18-12-6-7-12)20(11)10-16-19-14-4-2-3-5-15(14)21-16/h2-5,8,12,18H,6-7,9-10H2,1H3. The van der Waals surface area contributed by atoms with E-state index in [1.807, 2.05) is 12.3 Å². The third-order valence-corrected chi connectivity index (χ3v) is 4.94. The van der Waals surface area contributed by atoms with Crippen LogP contribution in [-0.4, -0.2) is 20.6 Å². The second-order valence-electron chi connectivity index (χ2n) is 5.61. The highest BCUT2D eigenvalue weighted by molar-refractivity contribution is 7.18. The summed E-state index contributed by atoms with van der Waals surface area (Å²) in [5, 5.41) is 4.70. The maximum atomic E-state index is 4.73. The molecular weight excluding hydrogens is 280 g/mol. The van der Waals surface area contributed by atoms with Crippen LogP contribution in [-0.2, 0) is 13.1 Å². The number of imidazole rings is 1. The van der Waals surface area contributed by atoms with E-state index in [1.165, 1.54) is 23.2 Å². The Balaban J connectivity index is 1.58. The van der Waals surface area contributed by atoms with Crippen LogP contribution < -0.4 is 5.32 Å². The molecule has 0 aliphatic heterocycles. The molecule has 0 radical (unpaired) electrons. The summed E-state index contributed by atoms with van der Waals surface area (Å²) >= 11 is 1.77. The van der Waals surface area contributed by atoms with Crippen LogP contribution in [0.3, 0.4) is 0 Å². The zero-order chi connectivity index (χ0) is 14.2. The molecule has 2 heterocycles. The molecule has 4 nitrogen and oxygen atoms in total. The van der Waals surface area contributed by atoms with Crippen LogP contribution in [0.25, 0.3) is 10.2 Å². The summed E-state index contributed by atoms with van der Waals surface area (Å²) in [5.41, 5.74) is 2.34. The van der Waals surface area contributed by atoms with Gasteiger partial charge < -0.3 is 9.88 Å². The summed E-state index contributed by atoms with van der Waals surface area (Å²) in [7, 11) is 0. The minimum absolute atomic E-state index is 0.719. The molecule has 21 heavy (non-hydrogen) atoms. The normalized spacial score (nSPS) is 14.9. The lowest BCUT2D eigenvalue weighted by atomic mass is 10.3. The van der Waals surface area contributed by atoms with Gasteiger partial charge >= 0.3 is 0 Å². The van der Waals surface area contributed by atoms with Gasteiger partial charge in [-0.05, 0) is 31.9 Å². The largest absolute Gasteiger partial charge is 0.324 e. The van der Waals surface area contributed by atoms with E-state index < -0.39 is 0 Å². The Bertz CT molecular complexity index is 737. The van der Waals surface area contributed by atoms with Gasteiger partial charge in [-0.25, -0.2) is 9.97 Å². The molecule has 108 valence electrons. The second kappa shape index (κ2) is 5.24. The second-order valence-corrected chi connectivity index (χ2v) is 6.73. The number of nitrogens with one attached hydrogen (secondary N) is 1. The van der Waals surface area contributed by atoms with Crippen LogP contribution in [0.1, 0.15) is 29.4 Å². The van der Waals surface area contributed by atoms with Crippen molar-refractivity contribution in [3.63, 3.8) is 0 Å². The minimum atomic E-state index is 0.719. The van der Waals surface area contributed by atoms with Gasteiger partial charge in [-0.15, -0.1) is 11.3 Å². The maximum absolute atomic E-state index is 4.73. The molecule has 4 rings (SSSR count). The first-order valence-electron chi connectivity index (χ1n) is 7.38. The fourth-order valence-corrected chi connectivity index (χ4v) is 3.49. The molecule has 0 atom stereocenters. The number of fused-ring (bicyclic) bond motifs is 1. The van der Waals surface area contributed by atoms with Crippen molar-refractivity contribution in [2.24, 2.45) is 0 Å². The van der Waals surface area contributed by atoms with Gasteiger partial charge in [0.1, 0.15) is 10.8 Å². The van der Waals surface area contributed by atoms with E-state index >= 15 is 0 Å². The van der Waals surface area contributed by atoms with Gasteiger partial charge in [-0.2, -0.15) is 0 Å². The van der Waals surface area contributed by atoms with Crippen molar-refractivity contribution >= 4 is 21.6 Å². The molecular formula is C16H18N4S. The zero-order valence-corrected chi connectivity index (χ0v) is 12.9. The Morgan fingerprint density at radius 2 is 2.19 bits per heavy atom. The number of thiazole rings is 1. The molecule has 2 aromatic heterocycles. The molecule has 0 amide bonds. The topological polar surface area (TPSA) is 42.7 Å². The molecule has 0 unspecified atom stereocenters. The summed E-state index contributed by atoms with van der Waals surface area (Å²) < 4.78 is 3.52. The van der Waals surface area contributed by atoms with E-state index in [-0.39, 0.29) is 0 Å². The van der Waals surface area contributed by atoms with Crippen LogP contribution in [0.15, 0.2) is 30.5 Å². The Hall–Kier alpha value is -1.72. The summed E-state index contributed by atoms with van der Waals surface area (Å²) in [5.74, 6) is 1.06. The number of para-hydroxylation sites is 1. The summed E-state index contributed by atoms with van der Waals surface area (Å²) in [6, 6.07) is 9.03. The predicted octanol–water partition coefficient (Wildman–Crippen LogP) is 3.10. The third kappa shape index (κ3) is 2.71. The molecule has 0 bridgehead atoms. The van der Waals surface area contributed by atoms with Crippen molar-refractivity contribution < 1.29 is 0 Å². The van der Waals surface area contributed by atoms with E-state index in [9.17, 15) is 0 Å². The highest BCUT2D eigenvalue weighted by atomic mass is 32.1. The number of rotatable bonds is 5. The lowest BCUT2D eigenvalue weighted by Crippen LogP contribution is -2.18. The molecule has 1 fully saturated rings. The lowest BCUT2D eigenvalue weighted by molar-refractivity contribution is 0.626. The summed E-state index contributed by atoms with van der Waals surface area (Å²) in [4.78, 5) is 9.19. The molecule has 0 spiro atoms. The van der Waals surface area contributed by atoms with E-state index in [4.69, 9.17) is 4.98 Å². The van der Waals surface area contributed by atoms with Crippen molar-refractivity contribution in [1.29, 1.82) is 0 Å². The van der Waals surface area contributed by atoms with E-state index in [1.54, 1.807) is 11.3 Å². The van der Waals surface area contributed by atoms with Crippen LogP contribution in [0.5, 0.6) is 0 Å². The molecule has 1 aromatic carbocycles. The van der Waals surface area contributed by atoms with E-state index in [0.717, 1.165) is 35.5 Å². The Labute approximate surface area is 127 Å². The van der Waals surface area contributed by atoms with Crippen molar-refractivity contribution in [3.8, 4) is 0 Å². The van der Waals surface area contributed by atoms with Gasteiger partial charge in [-0.1, -0.05) is 12.1 Å². The number of hydrogen-bond donors (Lipinski definition) is 1. The lowest BCUT2D eigenvalue weighted by Gasteiger charge is -2.09. The number of hydrogen-bond acceptors (Lipinski definition) is 4. The van der Waals surface area contributed by atoms with Crippen LogP contribution in [0.4, 0.5) is 0 Å². The Morgan fingerprint density at radius 1 is 1.33 bits per heavy atom. The fraction of sp³-hybridized carbons (Fsp3) is 0.375. The van der Waals surface area contributed by atoms with Gasteiger partial charge in [-0.3, -0.25) is 0 Å². The van der Waals surface area contributed by atoms with Gasteiger partial charge in [0.25, 0.3) is 0 Å². The number of nitrogens with zero attached hydrogens (tertiary/aromatic N) is 3. The first kappa shape index (κ1) is 13.0. The minimum Gasteiger partial charge on any atom is -0.324 e. The average molecular weight is 298 g/mol. The van der Waals surface area contributed by atoms with E-state index in [0.29, 0.717) is 0 Å². The fourth-order valence-electron chi connectivity index (χ4n) is 2.53. The third-order valence-electron chi connectivity index (χ3n) is 3.92. The van der Waals surface area contributed by atoms with Crippen molar-refractivity contribution in [2.75, 3.05) is 0 Å². The predicted molar refractivity (Wildman–Crippen MR) is 85.5 cm³/mol. The van der Waals surface area contributed by atoms with Gasteiger partial charge in [0.15, 0.2) is 0 Å². The van der Waals surface area contributed by atoms with Crippen LogP contribution in [0.2, 0.25) is 0 Å². The zero-order valence-electron chi connectivity index (χ0n) is 12.0. The average Bonchev–Trinajstić information content (AvgIpc) is 3.13. The summed E-state index contributed by atoms with van der Waals surface area (Å²) in [6.07, 6.45) is 4.61. The molecule has 1 aliphatic rings. The molecule has 3 aromatic rings. The molecule has 1 saturated carbocycles. The van der Waals surface area contributed by atoms with Crippen molar-refractivity contribution in [3.05, 3.63) is 47.0 Å². The highest BCUT2D eigenvalue weighted by Gasteiger charge is 2.21. The first-order valence-corrected chi connectivity index (χ1v) is 8.20. The Morgan fingerprint density at radius 3 is 3.00 bits per heavy atom. The summed E-state index contributed by atoms with van der Waals surface area (Å²) in [6.45, 7) is 3.78. The quantitative estimate of drug-likeness (QED) is 0.787. The van der Waals surface area contributed by atoms with Gasteiger partial charge in [0.05, 0.1) is 22.5 Å². The highest BCUT2D eigenvalue weighted by Crippen LogP contribution is 2.23. The van der Waals surface area contributed by atoms with Crippen LogP contribution in [0, 0.1) is 6.92 Å². The van der Waals surface area contributed by atoms with Crippen molar-refractivity contribution in [1.82, 2.24) is 19.9 Å². The Kier molecular flexibility index (Phi) is 3.24. The SMILES string of the molecule is Cc1ncc(CNC2CC2)n1Cc1nc2ccccc2s1. The molecule has 0 saturated heterocycles. The number of aryl methyl sites for hydroxylation is 1.